The average molecular weight is 383 g/mol. The third-order valence-corrected chi connectivity index (χ3v) is 6.87. The molecule has 3 aromatic rings. The molecule has 0 bridgehead atoms. The summed E-state index contributed by atoms with van der Waals surface area (Å²) in [4.78, 5) is 1.26. The van der Waals surface area contributed by atoms with E-state index in [0.717, 1.165) is 38.5 Å². The smallest absolute Gasteiger partial charge is 0.129 e. The maximum Gasteiger partial charge on any atom is 0.129 e. The van der Waals surface area contributed by atoms with Gasteiger partial charge in [-0.15, -0.1) is 0 Å². The van der Waals surface area contributed by atoms with Gasteiger partial charge in [0.2, 0.25) is 0 Å². The van der Waals surface area contributed by atoms with E-state index in [1.807, 2.05) is 0 Å². The number of aryl methyl sites for hydroxylation is 2. The summed E-state index contributed by atoms with van der Waals surface area (Å²) < 4.78 is 8.55. The van der Waals surface area contributed by atoms with Gasteiger partial charge in [-0.05, 0) is 51.5 Å². The molecule has 0 fully saturated rings. The van der Waals surface area contributed by atoms with Crippen LogP contribution in [-0.4, -0.2) is 11.1 Å². The largest absolute Gasteiger partial charge is 0.496 e. The number of nitrogens with one attached hydrogen (secondary N) is 1. The van der Waals surface area contributed by atoms with Crippen molar-refractivity contribution >= 4 is 29.4 Å². The summed E-state index contributed by atoms with van der Waals surface area (Å²) >= 11 is 7.65. The van der Waals surface area contributed by atoms with E-state index >= 15 is 0 Å². The zero-order valence-corrected chi connectivity index (χ0v) is 17.3. The lowest BCUT2D eigenvalue weighted by molar-refractivity contribution is 0.411. The van der Waals surface area contributed by atoms with Crippen LogP contribution >= 0.6 is 23.8 Å². The van der Waals surface area contributed by atoms with Crippen molar-refractivity contribution in [3.8, 4) is 22.6 Å². The fourth-order valence-corrected chi connectivity index (χ4v) is 5.16. The van der Waals surface area contributed by atoms with Crippen LogP contribution in [-0.2, 0) is 5.54 Å². The minimum Gasteiger partial charge on any atom is -0.496 e. The number of fused-ring (bicyclic) bond motifs is 3. The minimum atomic E-state index is -0.198. The van der Waals surface area contributed by atoms with Gasteiger partial charge in [-0.25, -0.2) is 0 Å². The summed E-state index contributed by atoms with van der Waals surface area (Å²) in [5.74, 6) is 0.892. The molecule has 134 valence electrons. The number of hydrogen-bond donors (Lipinski definition) is 1. The van der Waals surface area contributed by atoms with Crippen molar-refractivity contribution < 1.29 is 4.74 Å². The number of hydrogen-bond acceptors (Lipinski definition) is 4. The average Bonchev–Trinajstić information content (AvgIpc) is 2.95. The molecular weight excluding hydrogens is 360 g/mol. The van der Waals surface area contributed by atoms with Gasteiger partial charge >= 0.3 is 0 Å². The highest BCUT2D eigenvalue weighted by atomic mass is 32.1. The molecule has 1 aromatic heterocycles. The van der Waals surface area contributed by atoms with Crippen molar-refractivity contribution in [1.29, 1.82) is 0 Å². The van der Waals surface area contributed by atoms with Crippen molar-refractivity contribution in [2.45, 2.75) is 33.2 Å². The van der Waals surface area contributed by atoms with Gasteiger partial charge in [0.05, 0.1) is 23.2 Å². The van der Waals surface area contributed by atoms with E-state index < -0.39 is 0 Å². The lowest BCUT2D eigenvalue weighted by atomic mass is 9.89. The predicted molar refractivity (Wildman–Crippen MR) is 113 cm³/mol. The van der Waals surface area contributed by atoms with Crippen molar-refractivity contribution in [2.75, 3.05) is 12.4 Å². The van der Waals surface area contributed by atoms with Gasteiger partial charge in [0.25, 0.3) is 0 Å². The quantitative estimate of drug-likeness (QED) is 0.533. The van der Waals surface area contributed by atoms with Gasteiger partial charge in [-0.3, -0.25) is 3.96 Å². The van der Waals surface area contributed by atoms with E-state index in [1.54, 1.807) is 18.6 Å². The Kier molecular flexibility index (Phi) is 3.97. The molecule has 0 aliphatic carbocycles. The fourth-order valence-electron chi connectivity index (χ4n) is 3.50. The lowest BCUT2D eigenvalue weighted by Gasteiger charge is -2.33. The van der Waals surface area contributed by atoms with E-state index in [9.17, 15) is 0 Å². The number of aromatic nitrogens is 1. The number of methoxy groups -OCH3 is 1. The third kappa shape index (κ3) is 2.58. The molecule has 1 N–H and O–H groups in total. The number of rotatable bonds is 2. The van der Waals surface area contributed by atoms with Gasteiger partial charge in [-0.2, -0.15) is 0 Å². The zero-order valence-electron chi connectivity index (χ0n) is 15.6. The maximum absolute atomic E-state index is 5.92. The van der Waals surface area contributed by atoms with E-state index in [-0.39, 0.29) is 5.54 Å². The Morgan fingerprint density at radius 2 is 1.81 bits per heavy atom. The zero-order chi connectivity index (χ0) is 18.6. The molecule has 4 rings (SSSR count). The summed E-state index contributed by atoms with van der Waals surface area (Å²) in [6.45, 7) is 8.57. The van der Waals surface area contributed by atoms with Crippen LogP contribution < -0.4 is 10.1 Å². The second-order valence-corrected chi connectivity index (χ2v) is 8.69. The third-order valence-electron chi connectivity index (χ3n) is 4.90. The topological polar surface area (TPSA) is 26.2 Å². The van der Waals surface area contributed by atoms with Crippen LogP contribution in [0.3, 0.4) is 0 Å². The molecule has 1 aliphatic heterocycles. The highest BCUT2D eigenvalue weighted by Gasteiger charge is 2.35. The molecule has 26 heavy (non-hydrogen) atoms. The number of benzene rings is 2. The minimum absolute atomic E-state index is 0.198. The number of ether oxygens (including phenoxy) is 1. The molecule has 3 nitrogen and oxygen atoms in total. The molecule has 0 unspecified atom stereocenters. The second kappa shape index (κ2) is 5.96. The van der Waals surface area contributed by atoms with Crippen LogP contribution in [0.1, 0.15) is 29.9 Å². The molecule has 2 heterocycles. The predicted octanol–water partition coefficient (Wildman–Crippen LogP) is 6.22. The van der Waals surface area contributed by atoms with Gasteiger partial charge < -0.3 is 10.1 Å². The SMILES string of the molecule is COc1cc2c(cc1C)-c1c(sn(-c3ccc(C)cc3)c1=S)C(C)(C)N2. The van der Waals surface area contributed by atoms with Crippen LogP contribution in [0.15, 0.2) is 36.4 Å². The summed E-state index contributed by atoms with van der Waals surface area (Å²) in [7, 11) is 1.71. The standard InChI is InChI=1S/C21H22N2OS2/c1-12-6-8-14(9-7-12)23-20(25)18-15-10-13(2)17(24-5)11-16(15)22-21(3,4)19(18)26-23/h6-11,22H,1-5H3. The van der Waals surface area contributed by atoms with Gasteiger partial charge in [-0.1, -0.05) is 41.4 Å². The van der Waals surface area contributed by atoms with Crippen molar-refractivity contribution in [2.24, 2.45) is 0 Å². The van der Waals surface area contributed by atoms with Gasteiger partial charge in [0.15, 0.2) is 0 Å². The van der Waals surface area contributed by atoms with Gasteiger partial charge in [0.1, 0.15) is 10.4 Å². The van der Waals surface area contributed by atoms with Crippen LogP contribution in [0, 0.1) is 18.5 Å². The first-order valence-electron chi connectivity index (χ1n) is 8.63. The second-order valence-electron chi connectivity index (χ2n) is 7.35. The van der Waals surface area contributed by atoms with Crippen LogP contribution in [0.2, 0.25) is 0 Å². The van der Waals surface area contributed by atoms with Crippen LogP contribution in [0.5, 0.6) is 5.75 Å². The molecule has 0 atom stereocenters. The molecule has 0 saturated carbocycles. The first kappa shape index (κ1) is 17.3. The Hall–Kier alpha value is -2.11. The Labute approximate surface area is 163 Å². The molecule has 0 radical (unpaired) electrons. The Morgan fingerprint density at radius 3 is 2.46 bits per heavy atom. The highest BCUT2D eigenvalue weighted by molar-refractivity contribution is 7.71. The first-order valence-corrected chi connectivity index (χ1v) is 9.81. The van der Waals surface area contributed by atoms with Crippen LogP contribution in [0.25, 0.3) is 16.8 Å². The van der Waals surface area contributed by atoms with Crippen molar-refractivity contribution in [3.05, 3.63) is 57.0 Å². The number of nitrogens with zero attached hydrogens (tertiary/aromatic N) is 1. The Balaban J connectivity index is 1.99. The van der Waals surface area contributed by atoms with Crippen molar-refractivity contribution in [3.63, 3.8) is 0 Å². The van der Waals surface area contributed by atoms with Crippen LogP contribution in [0.4, 0.5) is 5.69 Å². The molecule has 5 heteroatoms. The molecule has 2 aromatic carbocycles. The monoisotopic (exact) mass is 382 g/mol. The van der Waals surface area contributed by atoms with E-state index in [0.29, 0.717) is 0 Å². The fraction of sp³-hybridized carbons (Fsp3) is 0.286. The summed E-state index contributed by atoms with van der Waals surface area (Å²) in [5, 5.41) is 3.67. The normalized spacial score (nSPS) is 14.3. The maximum atomic E-state index is 5.92. The first-order chi connectivity index (χ1) is 12.3. The van der Waals surface area contributed by atoms with Crippen molar-refractivity contribution in [1.82, 2.24) is 3.96 Å². The van der Waals surface area contributed by atoms with E-state index in [4.69, 9.17) is 17.0 Å². The molecule has 1 aliphatic rings. The number of anilines is 1. The van der Waals surface area contributed by atoms with Gasteiger partial charge in [0, 0.05) is 22.9 Å². The summed E-state index contributed by atoms with van der Waals surface area (Å²) in [5.41, 5.74) is 6.67. The molecular formula is C21H22N2OS2. The lowest BCUT2D eigenvalue weighted by Crippen LogP contribution is -2.30. The summed E-state index contributed by atoms with van der Waals surface area (Å²) in [6.07, 6.45) is 0. The highest BCUT2D eigenvalue weighted by Crippen LogP contribution is 2.49. The molecule has 0 spiro atoms. The summed E-state index contributed by atoms with van der Waals surface area (Å²) in [6, 6.07) is 12.8. The van der Waals surface area contributed by atoms with E-state index in [2.05, 4.69) is 73.4 Å². The van der Waals surface area contributed by atoms with E-state index in [1.165, 1.54) is 10.4 Å². The molecule has 0 amide bonds. The Morgan fingerprint density at radius 1 is 1.12 bits per heavy atom. The molecule has 0 saturated heterocycles. The Bertz CT molecular complexity index is 1060.